The zero-order valence-corrected chi connectivity index (χ0v) is 15.5. The minimum absolute atomic E-state index is 0.124. The predicted molar refractivity (Wildman–Crippen MR) is 102 cm³/mol. The van der Waals surface area contributed by atoms with E-state index in [1.807, 2.05) is 36.4 Å². The highest BCUT2D eigenvalue weighted by Gasteiger charge is 2.09. The first-order valence-electron chi connectivity index (χ1n) is 7.09. The van der Waals surface area contributed by atoms with Crippen molar-refractivity contribution in [2.75, 3.05) is 11.9 Å². The van der Waals surface area contributed by atoms with Crippen molar-refractivity contribution in [3.05, 3.63) is 69.1 Å². The number of amides is 1. The average Bonchev–Trinajstić information content (AvgIpc) is 2.53. The lowest BCUT2D eigenvalue weighted by molar-refractivity contribution is -0.118. The number of carbonyl (C=O) groups is 1. The van der Waals surface area contributed by atoms with Crippen LogP contribution in [0.15, 0.2) is 59.1 Å². The zero-order chi connectivity index (χ0) is 17.1. The van der Waals surface area contributed by atoms with Crippen molar-refractivity contribution < 1.29 is 9.53 Å². The van der Waals surface area contributed by atoms with E-state index in [4.69, 9.17) is 27.9 Å². The molecule has 0 saturated carbocycles. The normalized spacial score (nSPS) is 10.6. The minimum atomic E-state index is -0.298. The second kappa shape index (κ2) is 7.43. The summed E-state index contributed by atoms with van der Waals surface area (Å²) in [5.74, 6) is 0.307. The first-order valence-corrected chi connectivity index (χ1v) is 8.64. The summed E-state index contributed by atoms with van der Waals surface area (Å²) in [5, 5.41) is 5.73. The van der Waals surface area contributed by atoms with Gasteiger partial charge in [-0.25, -0.2) is 0 Å². The van der Waals surface area contributed by atoms with E-state index in [9.17, 15) is 4.79 Å². The molecular weight excluding hydrogens is 413 g/mol. The van der Waals surface area contributed by atoms with Gasteiger partial charge in [0.05, 0.1) is 4.47 Å². The predicted octanol–water partition coefficient (Wildman–Crippen LogP) is 5.93. The third-order valence-electron chi connectivity index (χ3n) is 3.33. The Morgan fingerprint density at radius 1 is 1.04 bits per heavy atom. The number of carbonyl (C=O) groups excluding carboxylic acids is 1. The van der Waals surface area contributed by atoms with Crippen LogP contribution in [0.4, 0.5) is 5.69 Å². The number of halogens is 3. The largest absolute Gasteiger partial charge is 0.483 e. The molecule has 0 radical (unpaired) electrons. The Balaban J connectivity index is 1.69. The van der Waals surface area contributed by atoms with Gasteiger partial charge >= 0.3 is 0 Å². The van der Waals surface area contributed by atoms with Crippen molar-refractivity contribution in [3.63, 3.8) is 0 Å². The monoisotopic (exact) mass is 423 g/mol. The fraction of sp³-hybridized carbons (Fsp3) is 0.0556. The molecule has 3 aromatic carbocycles. The number of ether oxygens (including phenoxy) is 1. The second-order valence-corrected chi connectivity index (χ2v) is 6.76. The van der Waals surface area contributed by atoms with Crippen LogP contribution in [0, 0.1) is 0 Å². The summed E-state index contributed by atoms with van der Waals surface area (Å²) in [6.07, 6.45) is 0. The fourth-order valence-electron chi connectivity index (χ4n) is 2.29. The van der Waals surface area contributed by atoms with E-state index in [1.54, 1.807) is 18.2 Å². The molecule has 0 unspecified atom stereocenters. The summed E-state index contributed by atoms with van der Waals surface area (Å²) in [4.78, 5) is 12.0. The van der Waals surface area contributed by atoms with Crippen LogP contribution in [0.1, 0.15) is 0 Å². The van der Waals surface area contributed by atoms with Gasteiger partial charge in [-0.15, -0.1) is 0 Å². The summed E-state index contributed by atoms with van der Waals surface area (Å²) < 4.78 is 6.43. The van der Waals surface area contributed by atoms with Gasteiger partial charge < -0.3 is 10.1 Å². The SMILES string of the molecule is O=C(COc1ccc2ccccc2c1Br)Nc1cc(Cl)cc(Cl)c1. The first-order chi connectivity index (χ1) is 11.5. The van der Waals surface area contributed by atoms with Gasteiger partial charge in [-0.1, -0.05) is 53.5 Å². The molecule has 0 spiro atoms. The maximum absolute atomic E-state index is 12.0. The fourth-order valence-corrected chi connectivity index (χ4v) is 3.43. The Labute approximate surface area is 157 Å². The van der Waals surface area contributed by atoms with Crippen molar-refractivity contribution in [2.45, 2.75) is 0 Å². The minimum Gasteiger partial charge on any atom is -0.483 e. The van der Waals surface area contributed by atoms with Crippen molar-refractivity contribution in [3.8, 4) is 5.75 Å². The molecule has 1 amide bonds. The van der Waals surface area contributed by atoms with Gasteiger partial charge in [-0.05, 0) is 51.0 Å². The summed E-state index contributed by atoms with van der Waals surface area (Å²) in [5.41, 5.74) is 0.527. The average molecular weight is 425 g/mol. The Morgan fingerprint density at radius 3 is 2.50 bits per heavy atom. The number of fused-ring (bicyclic) bond motifs is 1. The number of hydrogen-bond acceptors (Lipinski definition) is 2. The van der Waals surface area contributed by atoms with Crippen molar-refractivity contribution in [2.24, 2.45) is 0 Å². The maximum Gasteiger partial charge on any atom is 0.262 e. The molecule has 3 rings (SSSR count). The van der Waals surface area contributed by atoms with Gasteiger partial charge in [0.25, 0.3) is 5.91 Å². The summed E-state index contributed by atoms with van der Waals surface area (Å²) in [7, 11) is 0. The number of hydrogen-bond donors (Lipinski definition) is 1. The topological polar surface area (TPSA) is 38.3 Å². The lowest BCUT2D eigenvalue weighted by Gasteiger charge is -2.11. The quantitative estimate of drug-likeness (QED) is 0.563. The van der Waals surface area contributed by atoms with Gasteiger partial charge in [-0.3, -0.25) is 4.79 Å². The molecule has 1 N–H and O–H groups in total. The van der Waals surface area contributed by atoms with E-state index < -0.39 is 0 Å². The zero-order valence-electron chi connectivity index (χ0n) is 12.4. The highest BCUT2D eigenvalue weighted by molar-refractivity contribution is 9.10. The molecule has 0 saturated heterocycles. The smallest absolute Gasteiger partial charge is 0.262 e. The Kier molecular flexibility index (Phi) is 5.29. The molecule has 3 aromatic rings. The molecule has 0 aliphatic rings. The van der Waals surface area contributed by atoms with Crippen LogP contribution >= 0.6 is 39.1 Å². The molecule has 0 atom stereocenters. The first kappa shape index (κ1) is 17.1. The van der Waals surface area contributed by atoms with E-state index in [1.165, 1.54) is 0 Å². The molecule has 6 heteroatoms. The van der Waals surface area contributed by atoms with Crippen LogP contribution in [-0.4, -0.2) is 12.5 Å². The van der Waals surface area contributed by atoms with E-state index in [-0.39, 0.29) is 12.5 Å². The van der Waals surface area contributed by atoms with Crippen LogP contribution in [0.2, 0.25) is 10.0 Å². The molecule has 3 nitrogen and oxygen atoms in total. The van der Waals surface area contributed by atoms with Gasteiger partial charge in [-0.2, -0.15) is 0 Å². The lowest BCUT2D eigenvalue weighted by Crippen LogP contribution is -2.20. The van der Waals surface area contributed by atoms with E-state index in [2.05, 4.69) is 21.2 Å². The molecule has 0 fully saturated rings. The standard InChI is InChI=1S/C18H12BrCl2NO2/c19-18-15-4-2-1-3-11(15)5-6-16(18)24-10-17(23)22-14-8-12(20)7-13(21)9-14/h1-9H,10H2,(H,22,23). The maximum atomic E-state index is 12.0. The Bertz CT molecular complexity index is 894. The van der Waals surface area contributed by atoms with Crippen LogP contribution in [-0.2, 0) is 4.79 Å². The van der Waals surface area contributed by atoms with Crippen LogP contribution < -0.4 is 10.1 Å². The molecule has 0 aliphatic heterocycles. The number of anilines is 1. The van der Waals surface area contributed by atoms with Gasteiger partial charge in [0.2, 0.25) is 0 Å². The number of rotatable bonds is 4. The van der Waals surface area contributed by atoms with Gasteiger partial charge in [0.1, 0.15) is 5.75 Å². The van der Waals surface area contributed by atoms with Crippen molar-refractivity contribution >= 4 is 61.5 Å². The Hall–Kier alpha value is -1.75. The van der Waals surface area contributed by atoms with Gasteiger partial charge in [0, 0.05) is 15.7 Å². The summed E-state index contributed by atoms with van der Waals surface area (Å²) in [6.45, 7) is -0.124. The van der Waals surface area contributed by atoms with E-state index in [0.29, 0.717) is 21.5 Å². The van der Waals surface area contributed by atoms with Crippen molar-refractivity contribution in [1.82, 2.24) is 0 Å². The third-order valence-corrected chi connectivity index (χ3v) is 4.59. The molecule has 0 bridgehead atoms. The van der Waals surface area contributed by atoms with E-state index >= 15 is 0 Å². The van der Waals surface area contributed by atoms with Gasteiger partial charge in [0.15, 0.2) is 6.61 Å². The third kappa shape index (κ3) is 4.01. The molecule has 0 aliphatic carbocycles. The second-order valence-electron chi connectivity index (χ2n) is 5.09. The van der Waals surface area contributed by atoms with Crippen LogP contribution in [0.3, 0.4) is 0 Å². The van der Waals surface area contributed by atoms with Crippen LogP contribution in [0.25, 0.3) is 10.8 Å². The van der Waals surface area contributed by atoms with Crippen LogP contribution in [0.5, 0.6) is 5.75 Å². The summed E-state index contributed by atoms with van der Waals surface area (Å²) in [6, 6.07) is 16.5. The number of nitrogens with one attached hydrogen (secondary N) is 1. The molecule has 24 heavy (non-hydrogen) atoms. The number of benzene rings is 3. The highest BCUT2D eigenvalue weighted by atomic mass is 79.9. The van der Waals surface area contributed by atoms with Crippen molar-refractivity contribution in [1.29, 1.82) is 0 Å². The Morgan fingerprint density at radius 2 is 1.75 bits per heavy atom. The molecule has 122 valence electrons. The molecule has 0 heterocycles. The van der Waals surface area contributed by atoms with E-state index in [0.717, 1.165) is 15.2 Å². The molecule has 0 aromatic heterocycles. The molecular formula is C18H12BrCl2NO2. The summed E-state index contributed by atoms with van der Waals surface area (Å²) >= 11 is 15.3. The lowest BCUT2D eigenvalue weighted by atomic mass is 10.1. The highest BCUT2D eigenvalue weighted by Crippen LogP contribution is 2.33.